The summed E-state index contributed by atoms with van der Waals surface area (Å²) in [7, 11) is 0. The van der Waals surface area contributed by atoms with E-state index in [9.17, 15) is 14.9 Å². The number of carbonyl (C=O) groups excluding carboxylic acids is 1. The Kier molecular flexibility index (Phi) is 5.20. The van der Waals surface area contributed by atoms with Crippen LogP contribution < -0.4 is 0 Å². The molecule has 1 aromatic carbocycles. The summed E-state index contributed by atoms with van der Waals surface area (Å²) in [6, 6.07) is 6.68. The lowest BCUT2D eigenvalue weighted by Gasteiger charge is -2.34. The molecule has 0 saturated carbocycles. The molecule has 2 aromatic rings. The van der Waals surface area contributed by atoms with Gasteiger partial charge < -0.3 is 4.90 Å². The second-order valence-corrected chi connectivity index (χ2v) is 7.21. The van der Waals surface area contributed by atoms with Crippen molar-refractivity contribution >= 4 is 40.6 Å². The Morgan fingerprint density at radius 2 is 2.28 bits per heavy atom. The molecule has 1 aromatic heterocycles. The van der Waals surface area contributed by atoms with Crippen molar-refractivity contribution in [1.82, 2.24) is 4.90 Å². The Labute approximate surface area is 154 Å². The maximum atomic E-state index is 12.6. The number of nitro benzene ring substituents is 1. The van der Waals surface area contributed by atoms with E-state index in [-0.39, 0.29) is 22.7 Å². The van der Waals surface area contributed by atoms with Crippen LogP contribution in [0.15, 0.2) is 35.7 Å². The van der Waals surface area contributed by atoms with Crippen molar-refractivity contribution in [3.05, 3.63) is 66.9 Å². The standard InChI is InChI=1S/C18H17ClN2O3S/c1-2-15-13-8-10-25-17(13)7-9-20(15)18(22)6-4-12-3-5-14(19)16(11-12)21(23)24/h3-6,8,10-11,15H,2,7,9H2,1H3/b6-4+. The van der Waals surface area contributed by atoms with E-state index in [1.54, 1.807) is 23.5 Å². The summed E-state index contributed by atoms with van der Waals surface area (Å²) in [5.74, 6) is -0.0821. The Hall–Kier alpha value is -2.18. The molecule has 0 spiro atoms. The van der Waals surface area contributed by atoms with E-state index in [1.807, 2.05) is 4.90 Å². The highest BCUT2D eigenvalue weighted by atomic mass is 35.5. The number of nitro groups is 1. The van der Waals surface area contributed by atoms with Crippen molar-refractivity contribution in [2.24, 2.45) is 0 Å². The van der Waals surface area contributed by atoms with Gasteiger partial charge in [-0.05, 0) is 47.6 Å². The van der Waals surface area contributed by atoms with E-state index in [0.29, 0.717) is 12.1 Å². The van der Waals surface area contributed by atoms with Crippen LogP contribution >= 0.6 is 22.9 Å². The molecular weight excluding hydrogens is 360 g/mol. The first-order valence-electron chi connectivity index (χ1n) is 8.00. The first-order valence-corrected chi connectivity index (χ1v) is 9.26. The maximum absolute atomic E-state index is 12.6. The van der Waals surface area contributed by atoms with E-state index in [4.69, 9.17) is 11.6 Å². The van der Waals surface area contributed by atoms with Gasteiger partial charge in [0.2, 0.25) is 5.91 Å². The number of rotatable bonds is 4. The molecule has 1 amide bonds. The van der Waals surface area contributed by atoms with Gasteiger partial charge in [-0.3, -0.25) is 14.9 Å². The van der Waals surface area contributed by atoms with Gasteiger partial charge in [0.25, 0.3) is 5.69 Å². The third kappa shape index (κ3) is 3.60. The average molecular weight is 377 g/mol. The maximum Gasteiger partial charge on any atom is 0.288 e. The molecule has 1 atom stereocenters. The fourth-order valence-electron chi connectivity index (χ4n) is 3.14. The predicted octanol–water partition coefficient (Wildman–Crippen LogP) is 4.86. The highest BCUT2D eigenvalue weighted by Gasteiger charge is 2.29. The number of benzene rings is 1. The number of carbonyl (C=O) groups is 1. The molecule has 1 unspecified atom stereocenters. The molecule has 5 nitrogen and oxygen atoms in total. The van der Waals surface area contributed by atoms with Crippen molar-refractivity contribution in [2.45, 2.75) is 25.8 Å². The minimum atomic E-state index is -0.530. The number of halogens is 1. The summed E-state index contributed by atoms with van der Waals surface area (Å²) in [5, 5.41) is 13.1. The van der Waals surface area contributed by atoms with Gasteiger partial charge in [-0.25, -0.2) is 0 Å². The number of nitrogens with zero attached hydrogens (tertiary/aromatic N) is 2. The normalized spacial score (nSPS) is 16.9. The summed E-state index contributed by atoms with van der Waals surface area (Å²) in [6.07, 6.45) is 4.81. The van der Waals surface area contributed by atoms with Gasteiger partial charge in [-0.2, -0.15) is 0 Å². The molecule has 25 heavy (non-hydrogen) atoms. The van der Waals surface area contributed by atoms with Crippen LogP contribution in [0, 0.1) is 10.1 Å². The van der Waals surface area contributed by atoms with Crippen molar-refractivity contribution < 1.29 is 9.72 Å². The molecule has 0 bridgehead atoms. The quantitative estimate of drug-likeness (QED) is 0.435. The minimum Gasteiger partial charge on any atom is -0.332 e. The highest BCUT2D eigenvalue weighted by Crippen LogP contribution is 2.35. The van der Waals surface area contributed by atoms with Crippen molar-refractivity contribution in [2.75, 3.05) is 6.54 Å². The van der Waals surface area contributed by atoms with Gasteiger partial charge in [0.15, 0.2) is 0 Å². The Morgan fingerprint density at radius 3 is 3.00 bits per heavy atom. The minimum absolute atomic E-state index is 0.0821. The molecule has 7 heteroatoms. The lowest BCUT2D eigenvalue weighted by atomic mass is 9.97. The topological polar surface area (TPSA) is 63.5 Å². The van der Waals surface area contributed by atoms with E-state index in [1.165, 1.54) is 28.6 Å². The molecule has 2 heterocycles. The lowest BCUT2D eigenvalue weighted by Crippen LogP contribution is -2.38. The largest absolute Gasteiger partial charge is 0.332 e. The van der Waals surface area contributed by atoms with Gasteiger partial charge in [0.1, 0.15) is 5.02 Å². The zero-order chi connectivity index (χ0) is 18.0. The van der Waals surface area contributed by atoms with Gasteiger partial charge in [-0.15, -0.1) is 11.3 Å². The predicted molar refractivity (Wildman–Crippen MR) is 99.9 cm³/mol. The van der Waals surface area contributed by atoms with Crippen molar-refractivity contribution in [3.8, 4) is 0 Å². The van der Waals surface area contributed by atoms with Crippen LogP contribution in [-0.4, -0.2) is 22.3 Å². The van der Waals surface area contributed by atoms with Crippen LogP contribution in [0.4, 0.5) is 5.69 Å². The number of thiophene rings is 1. The summed E-state index contributed by atoms with van der Waals surface area (Å²) >= 11 is 7.55. The Bertz CT molecular complexity index is 847. The zero-order valence-electron chi connectivity index (χ0n) is 13.6. The molecule has 0 radical (unpaired) electrons. The average Bonchev–Trinajstić information content (AvgIpc) is 3.08. The van der Waals surface area contributed by atoms with E-state index >= 15 is 0 Å². The zero-order valence-corrected chi connectivity index (χ0v) is 15.2. The number of fused-ring (bicyclic) bond motifs is 1. The fraction of sp³-hybridized carbons (Fsp3) is 0.278. The van der Waals surface area contributed by atoms with Crippen molar-refractivity contribution in [3.63, 3.8) is 0 Å². The van der Waals surface area contributed by atoms with Crippen LogP contribution in [0.1, 0.15) is 35.4 Å². The SMILES string of the molecule is CCC1c2ccsc2CCN1C(=O)/C=C/c1ccc(Cl)c([N+](=O)[O-])c1. The molecule has 1 aliphatic rings. The monoisotopic (exact) mass is 376 g/mol. The number of amides is 1. The van der Waals surface area contributed by atoms with E-state index in [2.05, 4.69) is 18.4 Å². The van der Waals surface area contributed by atoms with Crippen LogP contribution in [0.2, 0.25) is 5.02 Å². The van der Waals surface area contributed by atoms with Crippen LogP contribution in [0.3, 0.4) is 0 Å². The third-order valence-electron chi connectivity index (χ3n) is 4.35. The Balaban J connectivity index is 1.79. The first-order chi connectivity index (χ1) is 12.0. The number of hydrogen-bond donors (Lipinski definition) is 0. The second-order valence-electron chi connectivity index (χ2n) is 5.81. The molecule has 130 valence electrons. The summed E-state index contributed by atoms with van der Waals surface area (Å²) in [6.45, 7) is 2.76. The molecule has 0 fully saturated rings. The molecule has 0 aliphatic carbocycles. The van der Waals surface area contributed by atoms with Crippen LogP contribution in [-0.2, 0) is 11.2 Å². The summed E-state index contributed by atoms with van der Waals surface area (Å²) in [4.78, 5) is 26.3. The lowest BCUT2D eigenvalue weighted by molar-refractivity contribution is -0.384. The van der Waals surface area contributed by atoms with Gasteiger partial charge in [-0.1, -0.05) is 24.6 Å². The molecule has 3 rings (SSSR count). The first kappa shape index (κ1) is 17.6. The number of hydrogen-bond acceptors (Lipinski definition) is 4. The third-order valence-corrected chi connectivity index (χ3v) is 5.67. The molecule has 0 saturated heterocycles. The van der Waals surface area contributed by atoms with Gasteiger partial charge in [0, 0.05) is 23.6 Å². The van der Waals surface area contributed by atoms with Crippen LogP contribution in [0.25, 0.3) is 6.08 Å². The molecule has 0 N–H and O–H groups in total. The van der Waals surface area contributed by atoms with Crippen molar-refractivity contribution in [1.29, 1.82) is 0 Å². The Morgan fingerprint density at radius 1 is 1.48 bits per heavy atom. The van der Waals surface area contributed by atoms with Gasteiger partial charge >= 0.3 is 0 Å². The summed E-state index contributed by atoms with van der Waals surface area (Å²) < 4.78 is 0. The summed E-state index contributed by atoms with van der Waals surface area (Å²) in [5.41, 5.74) is 1.65. The highest BCUT2D eigenvalue weighted by molar-refractivity contribution is 7.10. The fourth-order valence-corrected chi connectivity index (χ4v) is 4.25. The molecule has 1 aliphatic heterocycles. The smallest absolute Gasteiger partial charge is 0.288 e. The molecular formula is C18H17ClN2O3S. The van der Waals surface area contributed by atoms with E-state index in [0.717, 1.165) is 12.8 Å². The second kappa shape index (κ2) is 7.37. The van der Waals surface area contributed by atoms with E-state index < -0.39 is 4.92 Å². The van der Waals surface area contributed by atoms with Gasteiger partial charge in [0.05, 0.1) is 11.0 Å². The van der Waals surface area contributed by atoms with Crippen LogP contribution in [0.5, 0.6) is 0 Å².